The van der Waals surface area contributed by atoms with Crippen molar-refractivity contribution in [1.82, 2.24) is 10.2 Å². The van der Waals surface area contributed by atoms with E-state index in [-0.39, 0.29) is 16.8 Å². The van der Waals surface area contributed by atoms with Gasteiger partial charge in [-0.05, 0) is 56.3 Å². The van der Waals surface area contributed by atoms with Crippen molar-refractivity contribution in [3.05, 3.63) is 11.6 Å². The molecule has 0 amide bonds. The highest BCUT2D eigenvalue weighted by Crippen LogP contribution is 2.60. The van der Waals surface area contributed by atoms with Crippen LogP contribution in [0.2, 0.25) is 0 Å². The molecule has 3 aliphatic rings. The molecule has 0 aromatic rings. The van der Waals surface area contributed by atoms with Gasteiger partial charge in [-0.1, -0.05) is 68.4 Å². The Morgan fingerprint density at radius 1 is 1.30 bits per heavy atom. The van der Waals surface area contributed by atoms with Crippen LogP contribution in [-0.4, -0.2) is 53.6 Å². The highest BCUT2D eigenvalue weighted by atomic mass is 127. The van der Waals surface area contributed by atoms with E-state index in [0.29, 0.717) is 22.5 Å². The number of carbonyl (C=O) groups is 1. The van der Waals surface area contributed by atoms with E-state index in [1.807, 2.05) is 0 Å². The zero-order valence-corrected chi connectivity index (χ0v) is 21.9. The highest BCUT2D eigenvalue weighted by molar-refractivity contribution is 14.1. The minimum absolute atomic E-state index is 0.0411. The van der Waals surface area contributed by atoms with Gasteiger partial charge in [0.05, 0.1) is 13.2 Å². The van der Waals surface area contributed by atoms with Gasteiger partial charge in [-0.25, -0.2) is 0 Å². The van der Waals surface area contributed by atoms with Crippen LogP contribution >= 0.6 is 22.6 Å². The first-order valence-corrected chi connectivity index (χ1v) is 13.2. The molecular weight excluding hydrogens is 487 g/mol. The zero-order valence-electron chi connectivity index (χ0n) is 19.7. The SMILES string of the molecule is CC[C@@](C)(I)C/C=C1\CCCC2[C@](C)(COC(=O)CN3CCNCC3)CCC[C@@]12C. The zero-order chi connectivity index (χ0) is 21.8. The van der Waals surface area contributed by atoms with Crippen LogP contribution in [0.1, 0.15) is 79.1 Å². The van der Waals surface area contributed by atoms with E-state index in [2.05, 4.69) is 66.6 Å². The highest BCUT2D eigenvalue weighted by Gasteiger charge is 2.52. The predicted molar refractivity (Wildman–Crippen MR) is 133 cm³/mol. The van der Waals surface area contributed by atoms with Crippen molar-refractivity contribution in [1.29, 1.82) is 0 Å². The van der Waals surface area contributed by atoms with Crippen molar-refractivity contribution in [2.24, 2.45) is 16.7 Å². The van der Waals surface area contributed by atoms with Crippen molar-refractivity contribution in [3.63, 3.8) is 0 Å². The quantitative estimate of drug-likeness (QED) is 0.209. The molecule has 0 aromatic heterocycles. The standard InChI is InChI=1S/C25H43IN2O2/c1-5-24(3,26)13-10-20-8-6-9-21-23(2,11-7-12-25(20,21)4)19-30-22(29)18-28-16-14-27-15-17-28/h10,21,27H,5-9,11-19H2,1-4H3/b20-10+/t21?,23-,24+,25-/m0/s1. The normalized spacial score (nSPS) is 36.2. The summed E-state index contributed by atoms with van der Waals surface area (Å²) in [6, 6.07) is 0. The van der Waals surface area contributed by atoms with Crippen molar-refractivity contribution in [3.8, 4) is 0 Å². The number of alkyl halides is 1. The molecule has 4 atom stereocenters. The van der Waals surface area contributed by atoms with Gasteiger partial charge in [-0.3, -0.25) is 9.69 Å². The summed E-state index contributed by atoms with van der Waals surface area (Å²) >= 11 is 2.63. The number of ether oxygens (including phenoxy) is 1. The molecule has 1 aliphatic heterocycles. The maximum atomic E-state index is 12.5. The predicted octanol–water partition coefficient (Wildman–Crippen LogP) is 5.35. The van der Waals surface area contributed by atoms with Crippen LogP contribution in [0.3, 0.4) is 0 Å². The Bertz CT molecular complexity index is 629. The molecule has 172 valence electrons. The molecule has 1 N–H and O–H groups in total. The molecular formula is C25H43IN2O2. The molecule has 1 unspecified atom stereocenters. The Morgan fingerprint density at radius 2 is 2.03 bits per heavy atom. The molecule has 1 heterocycles. The number of hydrogen-bond donors (Lipinski definition) is 1. The summed E-state index contributed by atoms with van der Waals surface area (Å²) in [5.41, 5.74) is 2.06. The fraction of sp³-hybridized carbons (Fsp3) is 0.880. The molecule has 1 saturated heterocycles. The third-order valence-electron chi connectivity index (χ3n) is 8.36. The number of halogens is 1. The van der Waals surface area contributed by atoms with Gasteiger partial charge in [0.2, 0.25) is 0 Å². The van der Waals surface area contributed by atoms with Gasteiger partial charge >= 0.3 is 5.97 Å². The minimum Gasteiger partial charge on any atom is -0.464 e. The summed E-state index contributed by atoms with van der Waals surface area (Å²) in [6.07, 6.45) is 12.5. The van der Waals surface area contributed by atoms with E-state index < -0.39 is 0 Å². The molecule has 2 aliphatic carbocycles. The maximum absolute atomic E-state index is 12.5. The van der Waals surface area contributed by atoms with Crippen LogP contribution in [0.4, 0.5) is 0 Å². The number of rotatable bonds is 7. The van der Waals surface area contributed by atoms with E-state index in [0.717, 1.165) is 32.6 Å². The summed E-state index contributed by atoms with van der Waals surface area (Å²) in [4.78, 5) is 14.8. The summed E-state index contributed by atoms with van der Waals surface area (Å²) in [7, 11) is 0. The number of nitrogens with one attached hydrogen (secondary N) is 1. The number of hydrogen-bond acceptors (Lipinski definition) is 4. The third kappa shape index (κ3) is 5.80. The number of nitrogens with zero attached hydrogens (tertiary/aromatic N) is 1. The smallest absolute Gasteiger partial charge is 0.320 e. The maximum Gasteiger partial charge on any atom is 0.320 e. The summed E-state index contributed by atoms with van der Waals surface area (Å²) in [6.45, 7) is 14.4. The minimum atomic E-state index is -0.0411. The van der Waals surface area contributed by atoms with Crippen LogP contribution in [0.15, 0.2) is 11.6 Å². The van der Waals surface area contributed by atoms with Crippen molar-refractivity contribution >= 4 is 28.6 Å². The second kappa shape index (κ2) is 10.2. The molecule has 3 fully saturated rings. The Hall–Kier alpha value is -0.140. The molecule has 0 bridgehead atoms. The van der Waals surface area contributed by atoms with Crippen molar-refractivity contribution in [2.45, 2.75) is 82.5 Å². The second-order valence-electron chi connectivity index (χ2n) is 10.8. The molecule has 3 rings (SSSR count). The van der Waals surface area contributed by atoms with E-state index in [4.69, 9.17) is 4.74 Å². The third-order valence-corrected chi connectivity index (χ3v) is 9.57. The topological polar surface area (TPSA) is 41.6 Å². The lowest BCUT2D eigenvalue weighted by Crippen LogP contribution is -2.50. The monoisotopic (exact) mass is 530 g/mol. The summed E-state index contributed by atoms with van der Waals surface area (Å²) in [5, 5.41) is 3.34. The van der Waals surface area contributed by atoms with Gasteiger partial charge in [0.15, 0.2) is 0 Å². The van der Waals surface area contributed by atoms with Crippen LogP contribution in [0.25, 0.3) is 0 Å². The van der Waals surface area contributed by atoms with E-state index in [1.54, 1.807) is 5.57 Å². The molecule has 5 heteroatoms. The van der Waals surface area contributed by atoms with Gasteiger partial charge in [0, 0.05) is 35.0 Å². The molecule has 30 heavy (non-hydrogen) atoms. The van der Waals surface area contributed by atoms with Gasteiger partial charge < -0.3 is 10.1 Å². The Labute approximate surface area is 198 Å². The average Bonchev–Trinajstić information content (AvgIpc) is 2.72. The van der Waals surface area contributed by atoms with E-state index in [1.165, 1.54) is 44.9 Å². The van der Waals surface area contributed by atoms with Gasteiger partial charge in [-0.2, -0.15) is 0 Å². The fourth-order valence-corrected chi connectivity index (χ4v) is 6.36. The van der Waals surface area contributed by atoms with Crippen molar-refractivity contribution < 1.29 is 9.53 Å². The Kier molecular flexibility index (Phi) is 8.33. The number of carbonyl (C=O) groups excluding carboxylic acids is 1. The lowest BCUT2D eigenvalue weighted by molar-refractivity contribution is -0.153. The molecule has 0 spiro atoms. The Balaban J connectivity index is 1.65. The fourth-order valence-electron chi connectivity index (χ4n) is 6.14. The van der Waals surface area contributed by atoms with E-state index in [9.17, 15) is 4.79 Å². The lowest BCUT2D eigenvalue weighted by atomic mass is 9.49. The lowest BCUT2D eigenvalue weighted by Gasteiger charge is -2.56. The molecule has 4 nitrogen and oxygen atoms in total. The van der Waals surface area contributed by atoms with Gasteiger partial charge in [-0.15, -0.1) is 0 Å². The first-order valence-electron chi connectivity index (χ1n) is 12.2. The van der Waals surface area contributed by atoms with Gasteiger partial charge in [0.1, 0.15) is 0 Å². The Morgan fingerprint density at radius 3 is 2.73 bits per heavy atom. The van der Waals surface area contributed by atoms with E-state index >= 15 is 0 Å². The first-order chi connectivity index (χ1) is 14.2. The van der Waals surface area contributed by atoms with Crippen LogP contribution in [0, 0.1) is 16.7 Å². The molecule has 0 radical (unpaired) electrons. The van der Waals surface area contributed by atoms with Crippen LogP contribution in [-0.2, 0) is 9.53 Å². The number of esters is 1. The largest absolute Gasteiger partial charge is 0.464 e. The first kappa shape index (κ1) is 24.5. The molecule has 0 aromatic carbocycles. The number of allylic oxidation sites excluding steroid dienone is 2. The number of piperazine rings is 1. The van der Waals surface area contributed by atoms with Crippen LogP contribution < -0.4 is 5.32 Å². The van der Waals surface area contributed by atoms with Crippen LogP contribution in [0.5, 0.6) is 0 Å². The number of fused-ring (bicyclic) bond motifs is 1. The molecule has 2 saturated carbocycles. The average molecular weight is 531 g/mol. The second-order valence-corrected chi connectivity index (χ2v) is 13.4. The summed E-state index contributed by atoms with van der Waals surface area (Å²) < 4.78 is 6.28. The van der Waals surface area contributed by atoms with Crippen molar-refractivity contribution in [2.75, 3.05) is 39.3 Å². The van der Waals surface area contributed by atoms with Gasteiger partial charge in [0.25, 0.3) is 0 Å². The summed E-state index contributed by atoms with van der Waals surface area (Å²) in [5.74, 6) is 0.577.